The third-order valence-electron chi connectivity index (χ3n) is 7.01. The molecule has 0 aliphatic carbocycles. The van der Waals surface area contributed by atoms with Gasteiger partial charge in [-0.3, -0.25) is 0 Å². The second-order valence-corrected chi connectivity index (χ2v) is 8.97. The van der Waals surface area contributed by atoms with Gasteiger partial charge in [-0.25, -0.2) is 0 Å². The van der Waals surface area contributed by atoms with E-state index in [1.54, 1.807) is 0 Å². The van der Waals surface area contributed by atoms with Gasteiger partial charge in [-0.15, -0.1) is 0 Å². The average molecular weight is 431 g/mol. The van der Waals surface area contributed by atoms with Crippen LogP contribution >= 0.6 is 0 Å². The molecule has 0 N–H and O–H groups in total. The van der Waals surface area contributed by atoms with Crippen molar-refractivity contribution in [2.24, 2.45) is 0 Å². The maximum Gasteiger partial charge on any atom is -0.00203 e. The Hall–Kier alpha value is -4.42. The summed E-state index contributed by atoms with van der Waals surface area (Å²) in [6.07, 6.45) is 0. The molecule has 0 aliphatic heterocycles. The van der Waals surface area contributed by atoms with Crippen LogP contribution < -0.4 is 0 Å². The minimum Gasteiger partial charge on any atom is -0.0616 e. The monoisotopic (exact) mass is 430 g/mol. The summed E-state index contributed by atoms with van der Waals surface area (Å²) in [7, 11) is 0. The van der Waals surface area contributed by atoms with Crippen molar-refractivity contribution in [2.45, 2.75) is 0 Å². The second kappa shape index (κ2) is 7.57. The summed E-state index contributed by atoms with van der Waals surface area (Å²) in [5, 5.41) is 16.1. The topological polar surface area (TPSA) is 0 Å². The highest BCUT2D eigenvalue weighted by Gasteiger charge is 2.11. The van der Waals surface area contributed by atoms with Gasteiger partial charge >= 0.3 is 0 Å². The highest BCUT2D eigenvalue weighted by molar-refractivity contribution is 6.33. The smallest absolute Gasteiger partial charge is 0.00203 e. The maximum atomic E-state index is 2.25. The van der Waals surface area contributed by atoms with Crippen LogP contribution in [0.1, 0.15) is 0 Å². The van der Waals surface area contributed by atoms with Crippen molar-refractivity contribution in [1.29, 1.82) is 0 Å². The Bertz CT molecular complexity index is 1770. The van der Waals surface area contributed by atoms with Gasteiger partial charge < -0.3 is 0 Å². The zero-order valence-electron chi connectivity index (χ0n) is 18.7. The molecule has 0 saturated carbocycles. The first-order valence-electron chi connectivity index (χ1n) is 11.8. The van der Waals surface area contributed by atoms with Crippen LogP contribution in [-0.4, -0.2) is 0 Å². The summed E-state index contributed by atoms with van der Waals surface area (Å²) >= 11 is 0. The van der Waals surface area contributed by atoms with E-state index in [2.05, 4.69) is 133 Å². The quantitative estimate of drug-likeness (QED) is 0.166. The van der Waals surface area contributed by atoms with Crippen LogP contribution in [0.4, 0.5) is 0 Å². The molecular weight excluding hydrogens is 408 g/mol. The van der Waals surface area contributed by atoms with Gasteiger partial charge in [0.1, 0.15) is 0 Å². The minimum atomic E-state index is 1.31. The normalized spacial score (nSPS) is 11.5. The zero-order valence-corrected chi connectivity index (χ0v) is 18.7. The Labute approximate surface area is 198 Å². The Morgan fingerprint density at radius 1 is 0.235 bits per heavy atom. The van der Waals surface area contributed by atoms with Crippen LogP contribution in [0.15, 0.2) is 133 Å². The summed E-state index contributed by atoms with van der Waals surface area (Å²) in [6.45, 7) is 0. The number of rotatable bonds is 0. The van der Waals surface area contributed by atoms with Crippen LogP contribution in [0.2, 0.25) is 0 Å². The van der Waals surface area contributed by atoms with Crippen molar-refractivity contribution in [3.05, 3.63) is 133 Å². The summed E-state index contributed by atoms with van der Waals surface area (Å²) in [5.74, 6) is 0. The molecule has 0 fully saturated rings. The van der Waals surface area contributed by atoms with Crippen molar-refractivity contribution < 1.29 is 0 Å². The van der Waals surface area contributed by atoms with Gasteiger partial charge in [0.2, 0.25) is 0 Å². The van der Waals surface area contributed by atoms with Gasteiger partial charge in [-0.1, -0.05) is 121 Å². The largest absolute Gasteiger partial charge is 0.0616 e. The number of benzene rings is 8. The molecule has 0 nitrogen and oxygen atoms in total. The molecule has 34 heavy (non-hydrogen) atoms. The molecule has 0 amide bonds. The van der Waals surface area contributed by atoms with E-state index in [1.165, 1.54) is 64.6 Å². The second-order valence-electron chi connectivity index (χ2n) is 8.97. The van der Waals surface area contributed by atoms with E-state index in [9.17, 15) is 0 Å². The third kappa shape index (κ3) is 2.93. The highest BCUT2D eigenvalue weighted by Crippen LogP contribution is 2.40. The van der Waals surface area contributed by atoms with Crippen molar-refractivity contribution in [2.75, 3.05) is 0 Å². The van der Waals surface area contributed by atoms with Gasteiger partial charge in [0.05, 0.1) is 0 Å². The first-order valence-corrected chi connectivity index (χ1v) is 11.8. The molecule has 0 saturated heterocycles. The fourth-order valence-corrected chi connectivity index (χ4v) is 5.44. The fraction of sp³-hybridized carbons (Fsp3) is 0. The van der Waals surface area contributed by atoms with E-state index in [4.69, 9.17) is 0 Å². The Morgan fingerprint density at radius 3 is 0.971 bits per heavy atom. The standard InChI is InChI=1S/C20H12.C14H10/c1-2-8-16-15(7-1)17-9-3-5-13-11-12-14-6-4-10-18(16)20(14)19(13)17;1-2-6-12-10-14-8-4-3-7-13(14)9-11(12)5-1/h1-12H;1-10H. The van der Waals surface area contributed by atoms with E-state index in [1.807, 2.05) is 0 Å². The lowest BCUT2D eigenvalue weighted by atomic mass is 9.89. The van der Waals surface area contributed by atoms with Crippen molar-refractivity contribution >= 4 is 64.6 Å². The van der Waals surface area contributed by atoms with Crippen molar-refractivity contribution in [3.63, 3.8) is 0 Å². The van der Waals surface area contributed by atoms with Crippen LogP contribution in [0, 0.1) is 0 Å². The summed E-state index contributed by atoms with van der Waals surface area (Å²) < 4.78 is 0. The molecule has 8 rings (SSSR count). The molecule has 8 aromatic carbocycles. The van der Waals surface area contributed by atoms with E-state index >= 15 is 0 Å². The highest BCUT2D eigenvalue weighted by atomic mass is 14.1. The fourth-order valence-electron chi connectivity index (χ4n) is 5.44. The molecule has 0 atom stereocenters. The Balaban J connectivity index is 0.000000126. The van der Waals surface area contributed by atoms with E-state index < -0.39 is 0 Å². The Morgan fingerprint density at radius 2 is 0.559 bits per heavy atom. The first kappa shape index (κ1) is 19.1. The predicted molar refractivity (Wildman–Crippen MR) is 149 cm³/mol. The van der Waals surface area contributed by atoms with Crippen LogP contribution in [0.25, 0.3) is 64.6 Å². The molecule has 0 heteroatoms. The van der Waals surface area contributed by atoms with Gasteiger partial charge in [-0.2, -0.15) is 0 Å². The molecule has 0 spiro atoms. The van der Waals surface area contributed by atoms with Gasteiger partial charge in [-0.05, 0) is 76.8 Å². The van der Waals surface area contributed by atoms with Crippen LogP contribution in [-0.2, 0) is 0 Å². The molecule has 0 unspecified atom stereocenters. The molecule has 0 aliphatic rings. The maximum absolute atomic E-state index is 2.25. The molecule has 0 aromatic heterocycles. The van der Waals surface area contributed by atoms with Gasteiger partial charge in [0, 0.05) is 0 Å². The molecule has 0 heterocycles. The summed E-state index contributed by atoms with van der Waals surface area (Å²) in [4.78, 5) is 0. The lowest BCUT2D eigenvalue weighted by molar-refractivity contribution is 1.76. The Kier molecular flexibility index (Phi) is 4.25. The molecule has 0 radical (unpaired) electrons. The summed E-state index contributed by atoms with van der Waals surface area (Å²) in [5.41, 5.74) is 0. The first-order chi connectivity index (χ1) is 16.9. The lowest BCUT2D eigenvalue weighted by Crippen LogP contribution is -1.86. The average Bonchev–Trinajstić information content (AvgIpc) is 2.91. The molecule has 0 bridgehead atoms. The van der Waals surface area contributed by atoms with Crippen LogP contribution in [0.3, 0.4) is 0 Å². The van der Waals surface area contributed by atoms with Crippen molar-refractivity contribution in [1.82, 2.24) is 0 Å². The SMILES string of the molecule is c1ccc2c(c1)c1cccc3ccc4cccc2c4c31.c1ccc2cc3ccccc3cc2c1. The van der Waals surface area contributed by atoms with E-state index in [0.717, 1.165) is 0 Å². The van der Waals surface area contributed by atoms with Crippen LogP contribution in [0.5, 0.6) is 0 Å². The number of hydrogen-bond donors (Lipinski definition) is 0. The van der Waals surface area contributed by atoms with E-state index in [-0.39, 0.29) is 0 Å². The molecule has 8 aromatic rings. The number of hydrogen-bond acceptors (Lipinski definition) is 0. The third-order valence-corrected chi connectivity index (χ3v) is 7.01. The van der Waals surface area contributed by atoms with Crippen molar-refractivity contribution in [3.8, 4) is 0 Å². The molecular formula is C34H22. The van der Waals surface area contributed by atoms with Gasteiger partial charge in [0.25, 0.3) is 0 Å². The summed E-state index contributed by atoms with van der Waals surface area (Å²) in [6, 6.07) is 47.9. The minimum absolute atomic E-state index is 1.31. The van der Waals surface area contributed by atoms with Gasteiger partial charge in [0.15, 0.2) is 0 Å². The van der Waals surface area contributed by atoms with E-state index in [0.29, 0.717) is 0 Å². The zero-order chi connectivity index (χ0) is 22.5. The molecule has 158 valence electrons. The number of fused-ring (bicyclic) bond motifs is 5. The lowest BCUT2D eigenvalue weighted by Gasteiger charge is -2.14. The predicted octanol–water partition coefficient (Wildman–Crippen LogP) is 9.73.